The number of aromatic carboxylic acids is 1. The van der Waals surface area contributed by atoms with Crippen molar-refractivity contribution in [2.24, 2.45) is 0 Å². The molecule has 1 amide bonds. The number of thiazole rings is 1. The number of fused-ring (bicyclic) bond motifs is 1. The van der Waals surface area contributed by atoms with E-state index in [2.05, 4.69) is 29.4 Å². The van der Waals surface area contributed by atoms with Gasteiger partial charge in [0.05, 0.1) is 16.8 Å². The topological polar surface area (TPSA) is 79.3 Å². The van der Waals surface area contributed by atoms with Crippen molar-refractivity contribution in [3.05, 3.63) is 82.2 Å². The van der Waals surface area contributed by atoms with Gasteiger partial charge in [-0.15, -0.1) is 11.3 Å². The molecule has 1 heterocycles. The van der Waals surface area contributed by atoms with Crippen molar-refractivity contribution in [2.45, 2.75) is 20.3 Å². The number of hydrogen-bond acceptors (Lipinski definition) is 4. The summed E-state index contributed by atoms with van der Waals surface area (Å²) in [6.07, 6.45) is 0.968. The number of aryl methyl sites for hydroxylation is 2. The molecule has 6 heteroatoms. The van der Waals surface area contributed by atoms with Gasteiger partial charge in [-0.25, -0.2) is 9.78 Å². The molecule has 0 radical (unpaired) electrons. The van der Waals surface area contributed by atoms with Gasteiger partial charge < -0.3 is 5.11 Å². The van der Waals surface area contributed by atoms with Crippen LogP contribution in [0.25, 0.3) is 22.0 Å². The standard InChI is InChI=1S/C24H20N2O3S/c1-3-15-8-10-17(11-9-15)21-14(2)30-24(25-21)26-22(27)19-13-12-16-6-4-5-7-18(16)20(19)23(28)29/h4-13H,3H2,1-2H3,(H,28,29)(H,25,26,27). The van der Waals surface area contributed by atoms with Crippen LogP contribution >= 0.6 is 11.3 Å². The highest BCUT2D eigenvalue weighted by molar-refractivity contribution is 7.16. The molecule has 0 aliphatic heterocycles. The van der Waals surface area contributed by atoms with E-state index in [1.54, 1.807) is 24.3 Å². The van der Waals surface area contributed by atoms with Gasteiger partial charge in [0.15, 0.2) is 5.13 Å². The fourth-order valence-electron chi connectivity index (χ4n) is 3.47. The number of amides is 1. The molecule has 0 unspecified atom stereocenters. The van der Waals surface area contributed by atoms with Crippen molar-refractivity contribution < 1.29 is 14.7 Å². The second-order valence-electron chi connectivity index (χ2n) is 6.94. The van der Waals surface area contributed by atoms with E-state index in [1.165, 1.54) is 16.9 Å². The first-order valence-corrected chi connectivity index (χ1v) is 10.4. The summed E-state index contributed by atoms with van der Waals surface area (Å²) in [7, 11) is 0. The Labute approximate surface area is 178 Å². The number of carboxylic acids is 1. The van der Waals surface area contributed by atoms with Crippen LogP contribution in [-0.4, -0.2) is 22.0 Å². The first kappa shape index (κ1) is 19.8. The summed E-state index contributed by atoms with van der Waals surface area (Å²) >= 11 is 1.37. The molecular formula is C24H20N2O3S. The molecular weight excluding hydrogens is 396 g/mol. The molecule has 3 aromatic carbocycles. The molecule has 1 aromatic heterocycles. The number of carbonyl (C=O) groups excluding carboxylic acids is 1. The Morgan fingerprint density at radius 3 is 2.47 bits per heavy atom. The maximum atomic E-state index is 12.9. The van der Waals surface area contributed by atoms with Crippen LogP contribution in [-0.2, 0) is 6.42 Å². The van der Waals surface area contributed by atoms with Crippen LogP contribution in [0.3, 0.4) is 0 Å². The third-order valence-corrected chi connectivity index (χ3v) is 5.93. The van der Waals surface area contributed by atoms with Gasteiger partial charge in [-0.2, -0.15) is 0 Å². The number of aromatic nitrogens is 1. The first-order valence-electron chi connectivity index (χ1n) is 9.61. The third kappa shape index (κ3) is 3.69. The number of hydrogen-bond donors (Lipinski definition) is 2. The molecule has 5 nitrogen and oxygen atoms in total. The van der Waals surface area contributed by atoms with Crippen molar-refractivity contribution in [1.82, 2.24) is 4.98 Å². The van der Waals surface area contributed by atoms with E-state index < -0.39 is 11.9 Å². The molecule has 0 atom stereocenters. The zero-order valence-electron chi connectivity index (χ0n) is 16.6. The maximum absolute atomic E-state index is 12.9. The van der Waals surface area contributed by atoms with E-state index in [1.807, 2.05) is 31.2 Å². The van der Waals surface area contributed by atoms with Gasteiger partial charge in [-0.05, 0) is 35.7 Å². The monoisotopic (exact) mass is 416 g/mol. The SMILES string of the molecule is CCc1ccc(-c2nc(NC(=O)c3ccc4ccccc4c3C(=O)O)sc2C)cc1. The van der Waals surface area contributed by atoms with Crippen molar-refractivity contribution in [1.29, 1.82) is 0 Å². The Hall–Kier alpha value is -3.51. The van der Waals surface area contributed by atoms with E-state index in [0.717, 1.165) is 27.9 Å². The van der Waals surface area contributed by atoms with Crippen molar-refractivity contribution in [3.8, 4) is 11.3 Å². The van der Waals surface area contributed by atoms with Crippen molar-refractivity contribution in [2.75, 3.05) is 5.32 Å². The Kier molecular flexibility index (Phi) is 5.33. The average Bonchev–Trinajstić information content (AvgIpc) is 3.12. The van der Waals surface area contributed by atoms with Gasteiger partial charge in [-0.3, -0.25) is 10.1 Å². The Balaban J connectivity index is 1.66. The highest BCUT2D eigenvalue weighted by Crippen LogP contribution is 2.31. The second-order valence-corrected chi connectivity index (χ2v) is 8.15. The molecule has 4 rings (SSSR count). The number of nitrogens with zero attached hydrogens (tertiary/aromatic N) is 1. The van der Waals surface area contributed by atoms with Crippen molar-refractivity contribution >= 4 is 39.1 Å². The number of carboxylic acid groups (broad SMARTS) is 1. The zero-order chi connectivity index (χ0) is 21.3. The molecule has 4 aromatic rings. The highest BCUT2D eigenvalue weighted by Gasteiger charge is 2.21. The summed E-state index contributed by atoms with van der Waals surface area (Å²) in [4.78, 5) is 30.4. The quantitative estimate of drug-likeness (QED) is 0.432. The van der Waals surface area contributed by atoms with Gasteiger partial charge in [0.1, 0.15) is 0 Å². The number of carbonyl (C=O) groups is 2. The van der Waals surface area contributed by atoms with Crippen LogP contribution < -0.4 is 5.32 Å². The number of nitrogens with one attached hydrogen (secondary N) is 1. The van der Waals surface area contributed by atoms with Crippen LogP contribution in [0.4, 0.5) is 5.13 Å². The summed E-state index contributed by atoms with van der Waals surface area (Å²) < 4.78 is 0. The number of rotatable bonds is 5. The molecule has 30 heavy (non-hydrogen) atoms. The largest absolute Gasteiger partial charge is 0.478 e. The fourth-order valence-corrected chi connectivity index (χ4v) is 4.30. The normalized spacial score (nSPS) is 10.9. The van der Waals surface area contributed by atoms with E-state index >= 15 is 0 Å². The van der Waals surface area contributed by atoms with E-state index in [0.29, 0.717) is 10.5 Å². The molecule has 0 spiro atoms. The van der Waals surface area contributed by atoms with E-state index in [9.17, 15) is 14.7 Å². The second kappa shape index (κ2) is 8.08. The van der Waals surface area contributed by atoms with Gasteiger partial charge in [0.25, 0.3) is 5.91 Å². The van der Waals surface area contributed by atoms with Crippen LogP contribution in [0.5, 0.6) is 0 Å². The lowest BCUT2D eigenvalue weighted by Gasteiger charge is -2.09. The van der Waals surface area contributed by atoms with E-state index in [-0.39, 0.29) is 11.1 Å². The van der Waals surface area contributed by atoms with Crippen LogP contribution in [0, 0.1) is 6.92 Å². The number of anilines is 1. The lowest BCUT2D eigenvalue weighted by Crippen LogP contribution is -2.16. The summed E-state index contributed by atoms with van der Waals surface area (Å²) in [5.74, 6) is -1.62. The van der Waals surface area contributed by atoms with Gasteiger partial charge in [0.2, 0.25) is 0 Å². The molecule has 150 valence electrons. The number of benzene rings is 3. The maximum Gasteiger partial charge on any atom is 0.337 e. The Morgan fingerprint density at radius 2 is 1.77 bits per heavy atom. The summed E-state index contributed by atoms with van der Waals surface area (Å²) in [5.41, 5.74) is 3.16. The van der Waals surface area contributed by atoms with Crippen LogP contribution in [0.1, 0.15) is 38.1 Å². The van der Waals surface area contributed by atoms with E-state index in [4.69, 9.17) is 0 Å². The minimum Gasteiger partial charge on any atom is -0.478 e. The molecule has 0 bridgehead atoms. The Morgan fingerprint density at radius 1 is 1.03 bits per heavy atom. The van der Waals surface area contributed by atoms with Gasteiger partial charge in [0, 0.05) is 10.4 Å². The third-order valence-electron chi connectivity index (χ3n) is 5.04. The molecule has 0 fully saturated rings. The predicted octanol–water partition coefficient (Wildman–Crippen LogP) is 5.78. The highest BCUT2D eigenvalue weighted by atomic mass is 32.1. The van der Waals surface area contributed by atoms with Crippen LogP contribution in [0.2, 0.25) is 0 Å². The molecule has 0 aliphatic rings. The lowest BCUT2D eigenvalue weighted by atomic mass is 9.98. The average molecular weight is 417 g/mol. The zero-order valence-corrected chi connectivity index (χ0v) is 17.4. The molecule has 0 saturated carbocycles. The lowest BCUT2D eigenvalue weighted by molar-refractivity contribution is 0.0695. The van der Waals surface area contributed by atoms with Gasteiger partial charge in [-0.1, -0.05) is 61.5 Å². The molecule has 2 N–H and O–H groups in total. The van der Waals surface area contributed by atoms with Crippen LogP contribution in [0.15, 0.2) is 60.7 Å². The summed E-state index contributed by atoms with van der Waals surface area (Å²) in [6.45, 7) is 4.06. The first-order chi connectivity index (χ1) is 14.5. The predicted molar refractivity (Wildman–Crippen MR) is 121 cm³/mol. The summed E-state index contributed by atoms with van der Waals surface area (Å²) in [5, 5.41) is 14.2. The van der Waals surface area contributed by atoms with Crippen molar-refractivity contribution in [3.63, 3.8) is 0 Å². The summed E-state index contributed by atoms with van der Waals surface area (Å²) in [6, 6.07) is 18.6. The molecule has 0 saturated heterocycles. The fraction of sp³-hybridized carbons (Fsp3) is 0.125. The van der Waals surface area contributed by atoms with Gasteiger partial charge >= 0.3 is 5.97 Å². The Bertz CT molecular complexity index is 1260. The smallest absolute Gasteiger partial charge is 0.337 e. The minimum atomic E-state index is -1.14. The molecule has 0 aliphatic carbocycles. The minimum absolute atomic E-state index is 0.00532.